The van der Waals surface area contributed by atoms with E-state index in [1.54, 1.807) is 10.5 Å². The minimum atomic E-state index is 0.0361. The molecule has 1 aromatic carbocycles. The van der Waals surface area contributed by atoms with Gasteiger partial charge in [-0.05, 0) is 76.2 Å². The van der Waals surface area contributed by atoms with Crippen LogP contribution in [0.5, 0.6) is 5.75 Å². The van der Waals surface area contributed by atoms with Gasteiger partial charge in [0.2, 0.25) is 0 Å². The number of benzene rings is 1. The summed E-state index contributed by atoms with van der Waals surface area (Å²) in [4.78, 5) is 20.3. The molecule has 0 atom stereocenters. The van der Waals surface area contributed by atoms with E-state index in [2.05, 4.69) is 29.2 Å². The standard InChI is InChI=1S/C23H29N3O2S/c1-3-28-21-8-6-18(7-9-21)4-5-19-10-12-25(13-11-19)15-20-14-22(27)26-17(2)16-29-23(26)24-20/h6-9,14,16,19H,3-5,10-13,15H2,1-2H3. The number of hydrogen-bond acceptors (Lipinski definition) is 5. The molecule has 3 aromatic rings. The van der Waals surface area contributed by atoms with Crippen LogP contribution in [-0.4, -0.2) is 34.0 Å². The number of aromatic nitrogens is 2. The molecular weight excluding hydrogens is 382 g/mol. The Kier molecular flexibility index (Phi) is 6.31. The minimum absolute atomic E-state index is 0.0361. The fourth-order valence-corrected chi connectivity index (χ4v) is 5.02. The number of piperidine rings is 1. The topological polar surface area (TPSA) is 46.8 Å². The van der Waals surface area contributed by atoms with Gasteiger partial charge in [-0.15, -0.1) is 11.3 Å². The van der Waals surface area contributed by atoms with Crippen molar-refractivity contribution in [3.05, 3.63) is 63.0 Å². The van der Waals surface area contributed by atoms with Crippen molar-refractivity contribution in [2.24, 2.45) is 5.92 Å². The van der Waals surface area contributed by atoms with Crippen molar-refractivity contribution in [1.29, 1.82) is 0 Å². The second-order valence-electron chi connectivity index (χ2n) is 7.92. The van der Waals surface area contributed by atoms with Crippen LogP contribution in [0.25, 0.3) is 4.96 Å². The highest BCUT2D eigenvalue weighted by atomic mass is 32.1. The molecule has 0 spiro atoms. The Morgan fingerprint density at radius 3 is 2.69 bits per heavy atom. The fraction of sp³-hybridized carbons (Fsp3) is 0.478. The van der Waals surface area contributed by atoms with E-state index in [9.17, 15) is 4.79 Å². The quantitative estimate of drug-likeness (QED) is 0.581. The second kappa shape index (κ2) is 9.09. The first-order valence-electron chi connectivity index (χ1n) is 10.5. The number of fused-ring (bicyclic) bond motifs is 1. The summed E-state index contributed by atoms with van der Waals surface area (Å²) in [5.74, 6) is 1.73. The number of aryl methyl sites for hydroxylation is 2. The van der Waals surface area contributed by atoms with Gasteiger partial charge in [0.15, 0.2) is 4.96 Å². The average Bonchev–Trinajstić information content (AvgIpc) is 3.10. The number of thiazole rings is 1. The zero-order chi connectivity index (χ0) is 20.2. The normalized spacial score (nSPS) is 15.8. The monoisotopic (exact) mass is 411 g/mol. The smallest absolute Gasteiger partial charge is 0.259 e. The molecule has 0 radical (unpaired) electrons. The Bertz CT molecular complexity index is 1000. The van der Waals surface area contributed by atoms with Crippen molar-refractivity contribution in [3.8, 4) is 5.75 Å². The van der Waals surface area contributed by atoms with E-state index in [-0.39, 0.29) is 5.56 Å². The number of hydrogen-bond donors (Lipinski definition) is 0. The Morgan fingerprint density at radius 1 is 1.21 bits per heavy atom. The lowest BCUT2D eigenvalue weighted by molar-refractivity contribution is 0.171. The molecule has 4 rings (SSSR count). The maximum atomic E-state index is 12.4. The zero-order valence-corrected chi connectivity index (χ0v) is 18.1. The predicted octanol–water partition coefficient (Wildman–Crippen LogP) is 4.31. The summed E-state index contributed by atoms with van der Waals surface area (Å²) in [6, 6.07) is 10.2. The van der Waals surface area contributed by atoms with E-state index < -0.39 is 0 Å². The van der Waals surface area contributed by atoms with Crippen LogP contribution in [0.4, 0.5) is 0 Å². The summed E-state index contributed by atoms with van der Waals surface area (Å²) in [5.41, 5.74) is 3.28. The van der Waals surface area contributed by atoms with Gasteiger partial charge in [-0.3, -0.25) is 14.1 Å². The van der Waals surface area contributed by atoms with Crippen LogP contribution in [0.1, 0.15) is 43.1 Å². The summed E-state index contributed by atoms with van der Waals surface area (Å²) < 4.78 is 7.21. The molecule has 6 heteroatoms. The molecule has 154 valence electrons. The predicted molar refractivity (Wildman–Crippen MR) is 118 cm³/mol. The molecule has 2 aromatic heterocycles. The summed E-state index contributed by atoms with van der Waals surface area (Å²) in [6.07, 6.45) is 4.80. The van der Waals surface area contributed by atoms with Crippen LogP contribution >= 0.6 is 11.3 Å². The van der Waals surface area contributed by atoms with E-state index in [1.807, 2.05) is 19.2 Å². The summed E-state index contributed by atoms with van der Waals surface area (Å²) in [5, 5.41) is 1.99. The van der Waals surface area contributed by atoms with Crippen LogP contribution in [0, 0.1) is 12.8 Å². The van der Waals surface area contributed by atoms with Gasteiger partial charge in [0.05, 0.1) is 12.3 Å². The lowest BCUT2D eigenvalue weighted by Crippen LogP contribution is -2.34. The molecule has 0 N–H and O–H groups in total. The van der Waals surface area contributed by atoms with Crippen LogP contribution in [-0.2, 0) is 13.0 Å². The van der Waals surface area contributed by atoms with Gasteiger partial charge in [-0.1, -0.05) is 12.1 Å². The Balaban J connectivity index is 1.27. The molecular formula is C23H29N3O2S. The molecule has 0 saturated carbocycles. The van der Waals surface area contributed by atoms with E-state index >= 15 is 0 Å². The third kappa shape index (κ3) is 4.87. The molecule has 0 bridgehead atoms. The Hall–Kier alpha value is -2.18. The summed E-state index contributed by atoms with van der Waals surface area (Å²) in [7, 11) is 0. The summed E-state index contributed by atoms with van der Waals surface area (Å²) in [6.45, 7) is 7.61. The number of ether oxygens (including phenoxy) is 1. The SMILES string of the molecule is CCOc1ccc(CCC2CCN(Cc3cc(=O)n4c(C)csc4n3)CC2)cc1. The van der Waals surface area contributed by atoms with E-state index in [0.29, 0.717) is 6.61 Å². The van der Waals surface area contributed by atoms with Crippen molar-refractivity contribution in [3.63, 3.8) is 0 Å². The van der Waals surface area contributed by atoms with Crippen molar-refractivity contribution in [2.75, 3.05) is 19.7 Å². The molecule has 29 heavy (non-hydrogen) atoms. The van der Waals surface area contributed by atoms with Gasteiger partial charge in [0, 0.05) is 23.7 Å². The molecule has 0 unspecified atom stereocenters. The van der Waals surface area contributed by atoms with Crippen molar-refractivity contribution in [1.82, 2.24) is 14.3 Å². The first kappa shape index (κ1) is 20.1. The molecule has 0 aliphatic carbocycles. The maximum absolute atomic E-state index is 12.4. The zero-order valence-electron chi connectivity index (χ0n) is 17.3. The third-order valence-electron chi connectivity index (χ3n) is 5.80. The van der Waals surface area contributed by atoms with Crippen molar-refractivity contribution >= 4 is 16.3 Å². The van der Waals surface area contributed by atoms with Gasteiger partial charge < -0.3 is 4.74 Å². The molecule has 1 aliphatic rings. The Morgan fingerprint density at radius 2 is 1.97 bits per heavy atom. The van der Waals surface area contributed by atoms with Gasteiger partial charge in [0.25, 0.3) is 5.56 Å². The van der Waals surface area contributed by atoms with Crippen molar-refractivity contribution < 1.29 is 4.74 Å². The largest absolute Gasteiger partial charge is 0.494 e. The van der Waals surface area contributed by atoms with Crippen LogP contribution in [0.2, 0.25) is 0 Å². The first-order valence-corrected chi connectivity index (χ1v) is 11.4. The average molecular weight is 412 g/mol. The van der Waals surface area contributed by atoms with E-state index in [0.717, 1.165) is 54.1 Å². The third-order valence-corrected chi connectivity index (χ3v) is 6.74. The highest BCUT2D eigenvalue weighted by molar-refractivity contribution is 7.15. The van der Waals surface area contributed by atoms with Crippen molar-refractivity contribution in [2.45, 2.75) is 46.1 Å². The highest BCUT2D eigenvalue weighted by Gasteiger charge is 2.20. The molecule has 5 nitrogen and oxygen atoms in total. The van der Waals surface area contributed by atoms with Gasteiger partial charge in [-0.2, -0.15) is 0 Å². The molecule has 0 amide bonds. The van der Waals surface area contributed by atoms with Crippen LogP contribution in [0.15, 0.2) is 40.5 Å². The molecule has 3 heterocycles. The Labute approximate surface area is 176 Å². The number of likely N-dealkylation sites (tertiary alicyclic amines) is 1. The lowest BCUT2D eigenvalue weighted by Gasteiger charge is -2.31. The first-order chi connectivity index (χ1) is 14.1. The van der Waals surface area contributed by atoms with Gasteiger partial charge >= 0.3 is 0 Å². The number of nitrogens with zero attached hydrogens (tertiary/aromatic N) is 3. The number of rotatable bonds is 7. The van der Waals surface area contributed by atoms with Crippen LogP contribution in [0.3, 0.4) is 0 Å². The minimum Gasteiger partial charge on any atom is -0.494 e. The van der Waals surface area contributed by atoms with Crippen LogP contribution < -0.4 is 10.3 Å². The van der Waals surface area contributed by atoms with E-state index in [4.69, 9.17) is 9.72 Å². The molecule has 1 saturated heterocycles. The fourth-order valence-electron chi connectivity index (χ4n) is 4.13. The second-order valence-corrected chi connectivity index (χ2v) is 8.75. The maximum Gasteiger partial charge on any atom is 0.259 e. The summed E-state index contributed by atoms with van der Waals surface area (Å²) >= 11 is 1.54. The highest BCUT2D eigenvalue weighted by Crippen LogP contribution is 2.24. The lowest BCUT2D eigenvalue weighted by atomic mass is 9.90. The van der Waals surface area contributed by atoms with Gasteiger partial charge in [0.1, 0.15) is 5.75 Å². The molecule has 1 fully saturated rings. The van der Waals surface area contributed by atoms with Gasteiger partial charge in [-0.25, -0.2) is 4.98 Å². The van der Waals surface area contributed by atoms with E-state index in [1.165, 1.54) is 36.2 Å². The molecule has 1 aliphatic heterocycles.